The van der Waals surface area contributed by atoms with Gasteiger partial charge in [0.15, 0.2) is 5.11 Å². The van der Waals surface area contributed by atoms with Gasteiger partial charge in [-0.05, 0) is 37.3 Å². The second kappa shape index (κ2) is 9.24. The van der Waals surface area contributed by atoms with E-state index in [1.807, 2.05) is 0 Å². The van der Waals surface area contributed by atoms with Crippen molar-refractivity contribution >= 4 is 52.4 Å². The van der Waals surface area contributed by atoms with E-state index in [0.717, 1.165) is 0 Å². The summed E-state index contributed by atoms with van der Waals surface area (Å²) in [6.07, 6.45) is 0. The van der Waals surface area contributed by atoms with Gasteiger partial charge >= 0.3 is 0 Å². The zero-order valence-electron chi connectivity index (χ0n) is 15.9. The van der Waals surface area contributed by atoms with Crippen molar-refractivity contribution < 1.29 is 18.8 Å². The number of hydrogen-bond acceptors (Lipinski definition) is 8. The van der Waals surface area contributed by atoms with Crippen LogP contribution in [0.15, 0.2) is 28.8 Å². The Morgan fingerprint density at radius 1 is 1.13 bits per heavy atom. The monoisotopic (exact) mass is 467 g/mol. The lowest BCUT2D eigenvalue weighted by Gasteiger charge is -2.10. The molecule has 0 aliphatic rings. The molecule has 12 heteroatoms. The van der Waals surface area contributed by atoms with Crippen molar-refractivity contribution in [2.24, 2.45) is 0 Å². The van der Waals surface area contributed by atoms with Crippen LogP contribution in [-0.4, -0.2) is 40.4 Å². The van der Waals surface area contributed by atoms with E-state index in [0.29, 0.717) is 15.6 Å². The molecule has 2 aromatic heterocycles. The predicted octanol–water partition coefficient (Wildman–Crippen LogP) is 3.89. The van der Waals surface area contributed by atoms with E-state index < -0.39 is 5.91 Å². The number of rotatable bonds is 5. The normalized spacial score (nSPS) is 10.4. The second-order valence-electron chi connectivity index (χ2n) is 5.77. The quantitative estimate of drug-likeness (QED) is 0.539. The zero-order chi connectivity index (χ0) is 21.8. The van der Waals surface area contributed by atoms with Crippen LogP contribution in [0.2, 0.25) is 10.0 Å². The number of aromatic nitrogens is 3. The summed E-state index contributed by atoms with van der Waals surface area (Å²) in [7, 11) is 2.90. The third kappa shape index (κ3) is 4.78. The summed E-state index contributed by atoms with van der Waals surface area (Å²) in [5.41, 5.74) is 0.920. The lowest BCUT2D eigenvalue weighted by atomic mass is 10.1. The van der Waals surface area contributed by atoms with Crippen LogP contribution in [0.1, 0.15) is 16.1 Å². The third-order valence-electron chi connectivity index (χ3n) is 3.83. The zero-order valence-corrected chi connectivity index (χ0v) is 18.3. The Hall–Kier alpha value is -2.95. The number of nitrogens with one attached hydrogen (secondary N) is 2. The maximum atomic E-state index is 12.8. The van der Waals surface area contributed by atoms with Crippen LogP contribution in [-0.2, 0) is 0 Å². The van der Waals surface area contributed by atoms with Crippen molar-refractivity contribution in [3.63, 3.8) is 0 Å². The van der Waals surface area contributed by atoms with Crippen LogP contribution in [0.3, 0.4) is 0 Å². The standard InChI is InChI=1S/C18H15Cl2N5O4S/c1-8-14(15(25-29-8)10-5-4-9(19)6-11(10)20)16(26)23-18(30)24-17-21-12(27-2)7-13(22-17)28-3/h4-7H,1-3H3,(H2,21,22,23,24,26,30). The summed E-state index contributed by atoms with van der Waals surface area (Å²) in [5, 5.41) is 9.91. The van der Waals surface area contributed by atoms with Crippen molar-refractivity contribution in [1.29, 1.82) is 0 Å². The molecule has 9 nitrogen and oxygen atoms in total. The number of anilines is 1. The number of ether oxygens (including phenoxy) is 2. The van der Waals surface area contributed by atoms with Gasteiger partial charge < -0.3 is 19.3 Å². The van der Waals surface area contributed by atoms with E-state index in [1.54, 1.807) is 25.1 Å². The van der Waals surface area contributed by atoms with Crippen LogP contribution in [0.5, 0.6) is 11.8 Å². The summed E-state index contributed by atoms with van der Waals surface area (Å²) >= 11 is 17.4. The highest BCUT2D eigenvalue weighted by Crippen LogP contribution is 2.33. The molecule has 0 atom stereocenters. The van der Waals surface area contributed by atoms with E-state index in [4.69, 9.17) is 49.4 Å². The Balaban J connectivity index is 1.82. The fraction of sp³-hybridized carbons (Fsp3) is 0.167. The fourth-order valence-electron chi connectivity index (χ4n) is 2.47. The fourth-order valence-corrected chi connectivity index (χ4v) is 3.15. The van der Waals surface area contributed by atoms with Crippen molar-refractivity contribution in [3.8, 4) is 23.0 Å². The molecule has 1 aromatic carbocycles. The number of nitrogens with zero attached hydrogens (tertiary/aromatic N) is 3. The summed E-state index contributed by atoms with van der Waals surface area (Å²) < 4.78 is 15.3. The molecule has 0 radical (unpaired) electrons. The summed E-state index contributed by atoms with van der Waals surface area (Å²) in [5.74, 6) is 0.332. The van der Waals surface area contributed by atoms with Crippen molar-refractivity contribution in [3.05, 3.63) is 45.6 Å². The highest BCUT2D eigenvalue weighted by Gasteiger charge is 2.24. The lowest BCUT2D eigenvalue weighted by molar-refractivity contribution is 0.0977. The first-order chi connectivity index (χ1) is 14.3. The molecule has 0 saturated carbocycles. The number of benzene rings is 1. The number of halogens is 2. The largest absolute Gasteiger partial charge is 0.481 e. The van der Waals surface area contributed by atoms with Crippen LogP contribution in [0.25, 0.3) is 11.3 Å². The van der Waals surface area contributed by atoms with Crippen LogP contribution < -0.4 is 20.1 Å². The number of carbonyl (C=O) groups excluding carboxylic acids is 1. The number of aryl methyl sites for hydroxylation is 1. The minimum Gasteiger partial charge on any atom is -0.481 e. The average molecular weight is 468 g/mol. The van der Waals surface area contributed by atoms with E-state index in [2.05, 4.69) is 25.8 Å². The molecule has 30 heavy (non-hydrogen) atoms. The molecule has 0 unspecified atom stereocenters. The van der Waals surface area contributed by atoms with E-state index in [-0.39, 0.29) is 39.8 Å². The topological polar surface area (TPSA) is 111 Å². The summed E-state index contributed by atoms with van der Waals surface area (Å²) in [6.45, 7) is 1.60. The first-order valence-electron chi connectivity index (χ1n) is 8.33. The summed E-state index contributed by atoms with van der Waals surface area (Å²) in [4.78, 5) is 21.0. The van der Waals surface area contributed by atoms with E-state index >= 15 is 0 Å². The molecule has 0 fully saturated rings. The molecule has 1 amide bonds. The van der Waals surface area contributed by atoms with Gasteiger partial charge in [-0.3, -0.25) is 10.1 Å². The van der Waals surface area contributed by atoms with Gasteiger partial charge in [0.25, 0.3) is 5.91 Å². The van der Waals surface area contributed by atoms with Gasteiger partial charge in [0.05, 0.1) is 25.3 Å². The van der Waals surface area contributed by atoms with Crippen LogP contribution >= 0.6 is 35.4 Å². The smallest absolute Gasteiger partial charge is 0.263 e. The van der Waals surface area contributed by atoms with Gasteiger partial charge in [0, 0.05) is 10.6 Å². The molecule has 156 valence electrons. The number of thiocarbonyl (C=S) groups is 1. The summed E-state index contributed by atoms with van der Waals surface area (Å²) in [6, 6.07) is 6.32. The molecular weight excluding hydrogens is 453 g/mol. The highest BCUT2D eigenvalue weighted by molar-refractivity contribution is 7.80. The molecular formula is C18H15Cl2N5O4S. The Bertz CT molecular complexity index is 1100. The molecule has 0 bridgehead atoms. The molecule has 0 saturated heterocycles. The Morgan fingerprint density at radius 2 is 1.80 bits per heavy atom. The lowest BCUT2D eigenvalue weighted by Crippen LogP contribution is -2.35. The molecule has 0 aliphatic heterocycles. The van der Waals surface area contributed by atoms with Gasteiger partial charge in [-0.15, -0.1) is 0 Å². The maximum absolute atomic E-state index is 12.8. The molecule has 3 rings (SSSR count). The SMILES string of the molecule is COc1cc(OC)nc(NC(=S)NC(=O)c2c(-c3ccc(Cl)cc3Cl)noc2C)n1. The highest BCUT2D eigenvalue weighted by atomic mass is 35.5. The average Bonchev–Trinajstić information content (AvgIpc) is 3.08. The molecule has 3 aromatic rings. The second-order valence-corrected chi connectivity index (χ2v) is 7.02. The van der Waals surface area contributed by atoms with Gasteiger partial charge in [-0.1, -0.05) is 28.4 Å². The Morgan fingerprint density at radius 3 is 2.40 bits per heavy atom. The number of amides is 1. The first-order valence-corrected chi connectivity index (χ1v) is 9.50. The minimum absolute atomic E-state index is 0.0518. The molecule has 2 heterocycles. The Labute approximate surface area is 186 Å². The number of hydrogen-bond donors (Lipinski definition) is 2. The van der Waals surface area contributed by atoms with E-state index in [9.17, 15) is 4.79 Å². The first kappa shape index (κ1) is 21.8. The number of carbonyl (C=O) groups is 1. The molecule has 0 spiro atoms. The van der Waals surface area contributed by atoms with Gasteiger partial charge in [0.1, 0.15) is 17.0 Å². The van der Waals surface area contributed by atoms with Crippen molar-refractivity contribution in [2.75, 3.05) is 19.5 Å². The maximum Gasteiger partial charge on any atom is 0.263 e. The van der Waals surface area contributed by atoms with Crippen LogP contribution in [0.4, 0.5) is 5.95 Å². The van der Waals surface area contributed by atoms with Crippen molar-refractivity contribution in [2.45, 2.75) is 6.92 Å². The van der Waals surface area contributed by atoms with Gasteiger partial charge in [0.2, 0.25) is 17.7 Å². The van der Waals surface area contributed by atoms with Gasteiger partial charge in [-0.2, -0.15) is 9.97 Å². The van der Waals surface area contributed by atoms with E-state index in [1.165, 1.54) is 20.3 Å². The van der Waals surface area contributed by atoms with Gasteiger partial charge in [-0.25, -0.2) is 0 Å². The Kier molecular flexibility index (Phi) is 6.70. The van der Waals surface area contributed by atoms with Crippen molar-refractivity contribution in [1.82, 2.24) is 20.4 Å². The third-order valence-corrected chi connectivity index (χ3v) is 4.58. The predicted molar refractivity (Wildman–Crippen MR) is 116 cm³/mol. The number of methoxy groups -OCH3 is 2. The minimum atomic E-state index is -0.554. The molecule has 2 N–H and O–H groups in total. The van der Waals surface area contributed by atoms with Crippen LogP contribution in [0, 0.1) is 6.92 Å². The molecule has 0 aliphatic carbocycles.